The molecule has 0 saturated carbocycles. The van der Waals surface area contributed by atoms with Gasteiger partial charge in [-0.05, 0) is 56.5 Å². The summed E-state index contributed by atoms with van der Waals surface area (Å²) in [5.41, 5.74) is 7.88. The van der Waals surface area contributed by atoms with E-state index in [0.29, 0.717) is 12.1 Å². The third kappa shape index (κ3) is 3.58. The third-order valence-electron chi connectivity index (χ3n) is 3.80. The lowest BCUT2D eigenvalue weighted by molar-refractivity contribution is 0.197. The zero-order valence-electron chi connectivity index (χ0n) is 11.8. The SMILES string of the molecule is CC(Cc1cccs1)N(C)C(C)c1ccc(N)cc1. The summed E-state index contributed by atoms with van der Waals surface area (Å²) in [7, 11) is 2.19. The first kappa shape index (κ1) is 14.1. The van der Waals surface area contributed by atoms with Gasteiger partial charge in [0, 0.05) is 22.6 Å². The molecular weight excluding hydrogens is 252 g/mol. The summed E-state index contributed by atoms with van der Waals surface area (Å²) in [5.74, 6) is 0. The molecule has 2 atom stereocenters. The highest BCUT2D eigenvalue weighted by molar-refractivity contribution is 7.09. The lowest BCUT2D eigenvalue weighted by Crippen LogP contribution is -2.33. The fourth-order valence-corrected chi connectivity index (χ4v) is 3.08. The molecule has 0 aliphatic heterocycles. The van der Waals surface area contributed by atoms with Crippen LogP contribution in [0, 0.1) is 0 Å². The van der Waals surface area contributed by atoms with E-state index in [1.807, 2.05) is 23.5 Å². The van der Waals surface area contributed by atoms with Gasteiger partial charge in [-0.25, -0.2) is 0 Å². The molecule has 19 heavy (non-hydrogen) atoms. The van der Waals surface area contributed by atoms with Crippen molar-refractivity contribution in [3.63, 3.8) is 0 Å². The van der Waals surface area contributed by atoms with Crippen molar-refractivity contribution in [1.82, 2.24) is 4.90 Å². The number of nitrogens with two attached hydrogens (primary N) is 1. The predicted octanol–water partition coefficient (Wildman–Crippen LogP) is 3.95. The third-order valence-corrected chi connectivity index (χ3v) is 4.70. The van der Waals surface area contributed by atoms with Crippen molar-refractivity contribution in [2.75, 3.05) is 12.8 Å². The Morgan fingerprint density at radius 2 is 1.84 bits per heavy atom. The van der Waals surface area contributed by atoms with Crippen LogP contribution >= 0.6 is 11.3 Å². The van der Waals surface area contributed by atoms with Gasteiger partial charge in [-0.1, -0.05) is 18.2 Å². The minimum atomic E-state index is 0.399. The van der Waals surface area contributed by atoms with E-state index in [0.717, 1.165) is 12.1 Å². The standard InChI is InChI=1S/C16H22N2S/c1-12(11-16-5-4-10-19-16)18(3)13(2)14-6-8-15(17)9-7-14/h4-10,12-13H,11,17H2,1-3H3. The molecule has 0 radical (unpaired) electrons. The molecule has 0 amide bonds. The molecule has 1 aromatic carbocycles. The first-order valence-corrected chi connectivity index (χ1v) is 7.55. The number of nitrogens with zero attached hydrogens (tertiary/aromatic N) is 1. The Balaban J connectivity index is 2.01. The summed E-state index contributed by atoms with van der Waals surface area (Å²) in [6.45, 7) is 4.53. The molecule has 1 heterocycles. The number of hydrogen-bond acceptors (Lipinski definition) is 3. The van der Waals surface area contributed by atoms with Gasteiger partial charge in [-0.15, -0.1) is 11.3 Å². The molecule has 2 unspecified atom stereocenters. The molecule has 2 N–H and O–H groups in total. The fourth-order valence-electron chi connectivity index (χ4n) is 2.26. The van der Waals surface area contributed by atoms with Gasteiger partial charge >= 0.3 is 0 Å². The van der Waals surface area contributed by atoms with E-state index >= 15 is 0 Å². The van der Waals surface area contributed by atoms with Crippen LogP contribution in [0.1, 0.15) is 30.3 Å². The van der Waals surface area contributed by atoms with Gasteiger partial charge in [0.1, 0.15) is 0 Å². The number of rotatable bonds is 5. The maximum atomic E-state index is 5.74. The van der Waals surface area contributed by atoms with Crippen molar-refractivity contribution in [2.24, 2.45) is 0 Å². The van der Waals surface area contributed by atoms with Crippen LogP contribution in [0.25, 0.3) is 0 Å². The summed E-state index contributed by atoms with van der Waals surface area (Å²) >= 11 is 1.83. The second kappa shape index (κ2) is 6.22. The molecule has 3 heteroatoms. The number of hydrogen-bond donors (Lipinski definition) is 1. The molecule has 2 nitrogen and oxygen atoms in total. The van der Waals surface area contributed by atoms with Crippen LogP contribution in [0.15, 0.2) is 41.8 Å². The van der Waals surface area contributed by atoms with Crippen LogP contribution in [0.4, 0.5) is 5.69 Å². The summed E-state index contributed by atoms with van der Waals surface area (Å²) in [6.07, 6.45) is 1.10. The van der Waals surface area contributed by atoms with E-state index in [1.165, 1.54) is 10.4 Å². The number of nitrogen functional groups attached to an aromatic ring is 1. The van der Waals surface area contributed by atoms with Gasteiger partial charge in [0.15, 0.2) is 0 Å². The topological polar surface area (TPSA) is 29.3 Å². The Hall–Kier alpha value is -1.32. The summed E-state index contributed by atoms with van der Waals surface area (Å²) < 4.78 is 0. The van der Waals surface area contributed by atoms with Crippen LogP contribution in [-0.2, 0) is 6.42 Å². The lowest BCUT2D eigenvalue weighted by Gasteiger charge is -2.31. The van der Waals surface area contributed by atoms with E-state index in [9.17, 15) is 0 Å². The molecule has 0 aliphatic rings. The van der Waals surface area contributed by atoms with Crippen molar-refractivity contribution < 1.29 is 0 Å². The average Bonchev–Trinajstić information content (AvgIpc) is 2.90. The Morgan fingerprint density at radius 1 is 1.16 bits per heavy atom. The highest BCUT2D eigenvalue weighted by atomic mass is 32.1. The average molecular weight is 274 g/mol. The molecular formula is C16H22N2S. The maximum absolute atomic E-state index is 5.74. The zero-order chi connectivity index (χ0) is 13.8. The number of anilines is 1. The quantitative estimate of drug-likeness (QED) is 0.836. The van der Waals surface area contributed by atoms with Crippen molar-refractivity contribution in [3.8, 4) is 0 Å². The predicted molar refractivity (Wildman–Crippen MR) is 84.5 cm³/mol. The molecule has 0 bridgehead atoms. The Morgan fingerprint density at radius 3 is 2.42 bits per heavy atom. The largest absolute Gasteiger partial charge is 0.399 e. The molecule has 2 aromatic rings. The van der Waals surface area contributed by atoms with E-state index in [-0.39, 0.29) is 0 Å². The minimum Gasteiger partial charge on any atom is -0.399 e. The maximum Gasteiger partial charge on any atom is 0.0319 e. The van der Waals surface area contributed by atoms with Gasteiger partial charge in [0.2, 0.25) is 0 Å². The zero-order valence-corrected chi connectivity index (χ0v) is 12.7. The van der Waals surface area contributed by atoms with Crippen LogP contribution in [-0.4, -0.2) is 18.0 Å². The van der Waals surface area contributed by atoms with E-state index in [4.69, 9.17) is 5.73 Å². The molecule has 102 valence electrons. The van der Waals surface area contributed by atoms with Crippen LogP contribution in [0.2, 0.25) is 0 Å². The highest BCUT2D eigenvalue weighted by Crippen LogP contribution is 2.23. The van der Waals surface area contributed by atoms with Crippen molar-refractivity contribution in [1.29, 1.82) is 0 Å². The molecule has 0 aliphatic carbocycles. The summed E-state index contributed by atoms with van der Waals surface area (Å²) in [4.78, 5) is 3.87. The van der Waals surface area contributed by atoms with Crippen LogP contribution < -0.4 is 5.73 Å². The van der Waals surface area contributed by atoms with Crippen LogP contribution in [0.5, 0.6) is 0 Å². The van der Waals surface area contributed by atoms with E-state index < -0.39 is 0 Å². The molecule has 0 spiro atoms. The Bertz CT molecular complexity index is 490. The Labute approximate surface area is 119 Å². The van der Waals surface area contributed by atoms with Crippen LogP contribution in [0.3, 0.4) is 0 Å². The Kier molecular flexibility index (Phi) is 4.61. The van der Waals surface area contributed by atoms with Crippen molar-refractivity contribution in [3.05, 3.63) is 52.2 Å². The highest BCUT2D eigenvalue weighted by Gasteiger charge is 2.17. The number of thiophene rings is 1. The number of benzene rings is 1. The van der Waals surface area contributed by atoms with E-state index in [2.05, 4.69) is 55.4 Å². The fraction of sp³-hybridized carbons (Fsp3) is 0.375. The van der Waals surface area contributed by atoms with Gasteiger partial charge in [0.05, 0.1) is 0 Å². The van der Waals surface area contributed by atoms with E-state index in [1.54, 1.807) is 0 Å². The van der Waals surface area contributed by atoms with Gasteiger partial charge < -0.3 is 5.73 Å². The minimum absolute atomic E-state index is 0.399. The van der Waals surface area contributed by atoms with Gasteiger partial charge in [-0.3, -0.25) is 4.90 Å². The molecule has 0 fully saturated rings. The monoisotopic (exact) mass is 274 g/mol. The normalized spacial score (nSPS) is 14.5. The second-order valence-corrected chi connectivity index (χ2v) is 6.17. The molecule has 1 aromatic heterocycles. The van der Waals surface area contributed by atoms with Crippen molar-refractivity contribution in [2.45, 2.75) is 32.4 Å². The lowest BCUT2D eigenvalue weighted by atomic mass is 10.0. The van der Waals surface area contributed by atoms with Gasteiger partial charge in [-0.2, -0.15) is 0 Å². The van der Waals surface area contributed by atoms with Crippen molar-refractivity contribution >= 4 is 17.0 Å². The summed E-state index contributed by atoms with van der Waals surface area (Å²) in [5, 5.41) is 2.14. The summed E-state index contributed by atoms with van der Waals surface area (Å²) in [6, 6.07) is 13.4. The molecule has 0 saturated heterocycles. The first-order chi connectivity index (χ1) is 9.08. The number of likely N-dealkylation sites (N-methyl/N-ethyl adjacent to an activating group) is 1. The van der Waals surface area contributed by atoms with Gasteiger partial charge in [0.25, 0.3) is 0 Å². The second-order valence-electron chi connectivity index (χ2n) is 5.14. The molecule has 2 rings (SSSR count). The smallest absolute Gasteiger partial charge is 0.0319 e. The first-order valence-electron chi connectivity index (χ1n) is 6.67.